The molecule has 3 rings (SSSR count). The summed E-state index contributed by atoms with van der Waals surface area (Å²) in [7, 11) is 2.02. The monoisotopic (exact) mass is 358 g/mol. The van der Waals surface area contributed by atoms with Gasteiger partial charge >= 0.3 is 0 Å². The third-order valence-electron chi connectivity index (χ3n) is 4.09. The Kier molecular flexibility index (Phi) is 4.88. The van der Waals surface area contributed by atoms with Crippen molar-refractivity contribution in [3.05, 3.63) is 58.7 Å². The van der Waals surface area contributed by atoms with E-state index in [9.17, 15) is 4.79 Å². The van der Waals surface area contributed by atoms with Crippen LogP contribution in [0.5, 0.6) is 0 Å². The first-order valence-electron chi connectivity index (χ1n) is 7.67. The van der Waals surface area contributed by atoms with E-state index in [1.54, 1.807) is 36.0 Å². The van der Waals surface area contributed by atoms with E-state index in [2.05, 4.69) is 41.3 Å². The molecule has 0 saturated carbocycles. The maximum Gasteiger partial charge on any atom is 0.230 e. The lowest BCUT2D eigenvalue weighted by Crippen LogP contribution is -2.16. The average molecular weight is 359 g/mol. The number of aryl methyl sites for hydroxylation is 2. The van der Waals surface area contributed by atoms with E-state index in [1.165, 1.54) is 15.8 Å². The Morgan fingerprint density at radius 1 is 1.21 bits per heavy atom. The number of benzene rings is 2. The number of fused-ring (bicyclic) bond motifs is 1. The number of rotatable bonds is 4. The molecule has 0 aliphatic carbocycles. The van der Waals surface area contributed by atoms with Crippen LogP contribution in [0.25, 0.3) is 10.9 Å². The molecule has 5 heteroatoms. The highest BCUT2D eigenvalue weighted by atomic mass is 35.5. The van der Waals surface area contributed by atoms with Gasteiger partial charge < -0.3 is 9.88 Å². The van der Waals surface area contributed by atoms with E-state index < -0.39 is 0 Å². The Balaban J connectivity index is 1.90. The minimum Gasteiger partial charge on any atom is -0.346 e. The van der Waals surface area contributed by atoms with Gasteiger partial charge in [-0.3, -0.25) is 4.79 Å². The van der Waals surface area contributed by atoms with Crippen molar-refractivity contribution in [1.29, 1.82) is 0 Å². The van der Waals surface area contributed by atoms with Crippen molar-refractivity contribution in [2.75, 3.05) is 11.6 Å². The number of anilines is 1. The van der Waals surface area contributed by atoms with E-state index in [0.29, 0.717) is 11.4 Å². The molecule has 2 aromatic carbocycles. The van der Waals surface area contributed by atoms with Crippen LogP contribution < -0.4 is 5.32 Å². The van der Waals surface area contributed by atoms with Crippen molar-refractivity contribution in [2.24, 2.45) is 7.05 Å². The number of nitrogens with zero attached hydrogens (tertiary/aromatic N) is 1. The normalized spacial score (nSPS) is 11.0. The van der Waals surface area contributed by atoms with Gasteiger partial charge in [-0.1, -0.05) is 23.2 Å². The summed E-state index contributed by atoms with van der Waals surface area (Å²) in [6, 6.07) is 13.5. The van der Waals surface area contributed by atoms with Crippen molar-refractivity contribution >= 4 is 45.9 Å². The predicted octanol–water partition coefficient (Wildman–Crippen LogP) is 5.04. The second-order valence-electron chi connectivity index (χ2n) is 5.79. The zero-order chi connectivity index (χ0) is 17.3. The van der Waals surface area contributed by atoms with E-state index >= 15 is 0 Å². The molecule has 0 atom stereocenters. The molecule has 0 radical (unpaired) electrons. The van der Waals surface area contributed by atoms with E-state index in [1.807, 2.05) is 7.05 Å². The summed E-state index contributed by atoms with van der Waals surface area (Å²) in [4.78, 5) is 13.6. The summed E-state index contributed by atoms with van der Waals surface area (Å²) >= 11 is 7.56. The van der Waals surface area contributed by atoms with Gasteiger partial charge in [0.2, 0.25) is 5.91 Å². The van der Waals surface area contributed by atoms with Crippen molar-refractivity contribution in [1.82, 2.24) is 4.57 Å². The standard InChI is InChI=1S/C19H19ClN2OS/c1-12-4-9-16-15(10-12)19(24-3)17(22(16)2)11-18(23)21-14-7-5-13(20)6-8-14/h4-10H,11H2,1-3H3,(H,21,23). The number of nitrogens with one attached hydrogen (secondary N) is 1. The molecule has 1 aromatic heterocycles. The molecule has 0 bridgehead atoms. The first-order valence-corrected chi connectivity index (χ1v) is 9.27. The van der Waals surface area contributed by atoms with Crippen LogP contribution in [-0.2, 0) is 18.3 Å². The van der Waals surface area contributed by atoms with Gasteiger partial charge in [-0.15, -0.1) is 11.8 Å². The van der Waals surface area contributed by atoms with E-state index in [4.69, 9.17) is 11.6 Å². The number of aromatic nitrogens is 1. The van der Waals surface area contributed by atoms with Crippen molar-refractivity contribution in [2.45, 2.75) is 18.2 Å². The molecule has 0 fully saturated rings. The van der Waals surface area contributed by atoms with Crippen LogP contribution in [0.3, 0.4) is 0 Å². The molecule has 0 aliphatic heterocycles. The summed E-state index contributed by atoms with van der Waals surface area (Å²) in [5.74, 6) is -0.0322. The van der Waals surface area contributed by atoms with Crippen LogP contribution in [0, 0.1) is 6.92 Å². The van der Waals surface area contributed by atoms with Crippen LogP contribution >= 0.6 is 23.4 Å². The molecule has 124 valence electrons. The van der Waals surface area contributed by atoms with Gasteiger partial charge in [-0.05, 0) is 49.6 Å². The molecular weight excluding hydrogens is 340 g/mol. The van der Waals surface area contributed by atoms with Crippen molar-refractivity contribution < 1.29 is 4.79 Å². The first kappa shape index (κ1) is 16.9. The van der Waals surface area contributed by atoms with Crippen LogP contribution in [0.2, 0.25) is 5.02 Å². The topological polar surface area (TPSA) is 34.0 Å². The highest BCUT2D eigenvalue weighted by Gasteiger charge is 2.17. The van der Waals surface area contributed by atoms with Gasteiger partial charge in [0, 0.05) is 39.3 Å². The minimum atomic E-state index is -0.0322. The lowest BCUT2D eigenvalue weighted by Gasteiger charge is -2.08. The summed E-state index contributed by atoms with van der Waals surface area (Å²) in [6.07, 6.45) is 2.39. The number of hydrogen-bond acceptors (Lipinski definition) is 2. The molecule has 0 spiro atoms. The van der Waals surface area contributed by atoms with Crippen molar-refractivity contribution in [3.63, 3.8) is 0 Å². The maximum absolute atomic E-state index is 12.5. The number of halogens is 1. The maximum atomic E-state index is 12.5. The van der Waals surface area contributed by atoms with Crippen LogP contribution in [0.1, 0.15) is 11.3 Å². The highest BCUT2D eigenvalue weighted by Crippen LogP contribution is 2.33. The Labute approximate surface area is 151 Å². The summed E-state index contributed by atoms with van der Waals surface area (Å²) in [5.41, 5.74) is 4.17. The summed E-state index contributed by atoms with van der Waals surface area (Å²) in [6.45, 7) is 2.09. The average Bonchev–Trinajstić information content (AvgIpc) is 2.81. The molecule has 0 unspecified atom stereocenters. The molecule has 3 aromatic rings. The zero-order valence-corrected chi connectivity index (χ0v) is 15.5. The van der Waals surface area contributed by atoms with Crippen molar-refractivity contribution in [3.8, 4) is 0 Å². The minimum absolute atomic E-state index is 0.0322. The third-order valence-corrected chi connectivity index (χ3v) is 5.20. The Morgan fingerprint density at radius 2 is 1.92 bits per heavy atom. The van der Waals surface area contributed by atoms with Gasteiger partial charge in [-0.25, -0.2) is 0 Å². The lowest BCUT2D eigenvalue weighted by atomic mass is 10.2. The van der Waals surface area contributed by atoms with Gasteiger partial charge in [0.15, 0.2) is 0 Å². The fourth-order valence-electron chi connectivity index (χ4n) is 2.89. The van der Waals surface area contributed by atoms with Gasteiger partial charge in [-0.2, -0.15) is 0 Å². The van der Waals surface area contributed by atoms with Crippen LogP contribution in [0.15, 0.2) is 47.4 Å². The van der Waals surface area contributed by atoms with Gasteiger partial charge in [0.05, 0.1) is 6.42 Å². The largest absolute Gasteiger partial charge is 0.346 e. The fourth-order valence-corrected chi connectivity index (χ4v) is 3.85. The molecule has 0 aliphatic rings. The summed E-state index contributed by atoms with van der Waals surface area (Å²) in [5, 5.41) is 4.79. The SMILES string of the molecule is CSc1c(CC(=O)Nc2ccc(Cl)cc2)n(C)c2ccc(C)cc12. The first-order chi connectivity index (χ1) is 11.5. The number of thioether (sulfide) groups is 1. The zero-order valence-electron chi connectivity index (χ0n) is 13.9. The molecule has 24 heavy (non-hydrogen) atoms. The second-order valence-corrected chi connectivity index (χ2v) is 7.04. The van der Waals surface area contributed by atoms with Gasteiger partial charge in [0.25, 0.3) is 0 Å². The Hall–Kier alpha value is -1.91. The number of carbonyl (C=O) groups excluding carboxylic acids is 1. The van der Waals surface area contributed by atoms with Crippen LogP contribution in [0.4, 0.5) is 5.69 Å². The Bertz CT molecular complexity index is 900. The molecule has 3 nitrogen and oxygen atoms in total. The lowest BCUT2D eigenvalue weighted by molar-refractivity contribution is -0.115. The molecule has 1 N–H and O–H groups in total. The van der Waals surface area contributed by atoms with Gasteiger partial charge in [0.1, 0.15) is 0 Å². The van der Waals surface area contributed by atoms with E-state index in [0.717, 1.165) is 16.9 Å². The third kappa shape index (κ3) is 3.30. The predicted molar refractivity (Wildman–Crippen MR) is 103 cm³/mol. The molecule has 1 amide bonds. The number of carbonyl (C=O) groups is 1. The quantitative estimate of drug-likeness (QED) is 0.662. The molecular formula is C19H19ClN2OS. The second kappa shape index (κ2) is 6.91. The number of amides is 1. The Morgan fingerprint density at radius 3 is 2.58 bits per heavy atom. The molecule has 0 saturated heterocycles. The highest BCUT2D eigenvalue weighted by molar-refractivity contribution is 7.98. The smallest absolute Gasteiger partial charge is 0.230 e. The fraction of sp³-hybridized carbons (Fsp3) is 0.211. The van der Waals surface area contributed by atoms with Crippen LogP contribution in [-0.4, -0.2) is 16.7 Å². The number of hydrogen-bond donors (Lipinski definition) is 1. The summed E-state index contributed by atoms with van der Waals surface area (Å²) < 4.78 is 2.11. The van der Waals surface area contributed by atoms with E-state index in [-0.39, 0.29) is 5.91 Å². The molecule has 1 heterocycles.